The van der Waals surface area contributed by atoms with Crippen LogP contribution in [0.2, 0.25) is 0 Å². The molecule has 2 N–H and O–H groups in total. The smallest absolute Gasteiger partial charge is 0.130 e. The highest BCUT2D eigenvalue weighted by Crippen LogP contribution is 2.26. The van der Waals surface area contributed by atoms with E-state index in [1.807, 2.05) is 18.2 Å². The Bertz CT molecular complexity index is 531. The number of ether oxygens (including phenoxy) is 1. The second kappa shape index (κ2) is 6.39. The number of aryl methyl sites for hydroxylation is 2. The molecule has 0 bridgehead atoms. The Labute approximate surface area is 115 Å². The minimum absolute atomic E-state index is 0.679. The quantitative estimate of drug-likeness (QED) is 0.880. The van der Waals surface area contributed by atoms with Gasteiger partial charge in [-0.05, 0) is 61.2 Å². The molecule has 2 rings (SSSR count). The summed E-state index contributed by atoms with van der Waals surface area (Å²) in [4.78, 5) is 0. The normalized spacial score (nSPS) is 10.5. The first-order chi connectivity index (χ1) is 9.22. The Morgan fingerprint density at radius 1 is 1.00 bits per heavy atom. The monoisotopic (exact) mass is 255 g/mol. The molecule has 100 valence electrons. The number of nitrogens with two attached hydrogens (primary N) is 1. The van der Waals surface area contributed by atoms with Gasteiger partial charge in [0.2, 0.25) is 0 Å². The van der Waals surface area contributed by atoms with Gasteiger partial charge in [-0.1, -0.05) is 31.2 Å². The molecule has 0 amide bonds. The lowest BCUT2D eigenvalue weighted by atomic mass is 10.1. The lowest BCUT2D eigenvalue weighted by Crippen LogP contribution is -2.02. The molecule has 2 heteroatoms. The first-order valence-corrected chi connectivity index (χ1v) is 6.79. The zero-order valence-electron chi connectivity index (χ0n) is 11.6. The van der Waals surface area contributed by atoms with Gasteiger partial charge >= 0.3 is 0 Å². The van der Waals surface area contributed by atoms with Crippen molar-refractivity contribution in [1.29, 1.82) is 0 Å². The fraction of sp³-hybridized carbons (Fsp3) is 0.294. The lowest BCUT2D eigenvalue weighted by molar-refractivity contribution is 0.478. The summed E-state index contributed by atoms with van der Waals surface area (Å²) in [5.41, 5.74) is 9.29. The van der Waals surface area contributed by atoms with Crippen molar-refractivity contribution in [2.45, 2.75) is 26.7 Å². The zero-order valence-corrected chi connectivity index (χ0v) is 11.6. The van der Waals surface area contributed by atoms with Crippen molar-refractivity contribution in [3.05, 3.63) is 59.2 Å². The largest absolute Gasteiger partial charge is 0.457 e. The molecule has 0 aliphatic carbocycles. The molecule has 0 spiro atoms. The van der Waals surface area contributed by atoms with E-state index >= 15 is 0 Å². The SMILES string of the molecule is CCc1ccc(Oc2ccc(CCN)cc2C)cc1. The summed E-state index contributed by atoms with van der Waals surface area (Å²) < 4.78 is 5.91. The van der Waals surface area contributed by atoms with Crippen LogP contribution in [0.25, 0.3) is 0 Å². The first-order valence-electron chi connectivity index (χ1n) is 6.79. The fourth-order valence-corrected chi connectivity index (χ4v) is 2.07. The van der Waals surface area contributed by atoms with Gasteiger partial charge in [0.05, 0.1) is 0 Å². The maximum Gasteiger partial charge on any atom is 0.130 e. The van der Waals surface area contributed by atoms with Gasteiger partial charge in [0.15, 0.2) is 0 Å². The van der Waals surface area contributed by atoms with Crippen LogP contribution in [0.5, 0.6) is 11.5 Å². The highest BCUT2D eigenvalue weighted by molar-refractivity contribution is 5.40. The average molecular weight is 255 g/mol. The summed E-state index contributed by atoms with van der Waals surface area (Å²) in [7, 11) is 0. The molecule has 0 aliphatic rings. The van der Waals surface area contributed by atoms with E-state index < -0.39 is 0 Å². The molecule has 0 saturated heterocycles. The predicted octanol–water partition coefficient (Wildman–Crippen LogP) is 3.85. The molecular formula is C17H21NO. The van der Waals surface area contributed by atoms with Gasteiger partial charge in [0.1, 0.15) is 11.5 Å². The van der Waals surface area contributed by atoms with Crippen molar-refractivity contribution in [2.24, 2.45) is 5.73 Å². The van der Waals surface area contributed by atoms with Gasteiger partial charge in [-0.2, -0.15) is 0 Å². The molecule has 19 heavy (non-hydrogen) atoms. The third kappa shape index (κ3) is 3.58. The van der Waals surface area contributed by atoms with Crippen molar-refractivity contribution in [3.63, 3.8) is 0 Å². The van der Waals surface area contributed by atoms with Crippen molar-refractivity contribution >= 4 is 0 Å². The van der Waals surface area contributed by atoms with Gasteiger partial charge in [0.25, 0.3) is 0 Å². The van der Waals surface area contributed by atoms with E-state index in [1.54, 1.807) is 0 Å². The van der Waals surface area contributed by atoms with Crippen molar-refractivity contribution in [3.8, 4) is 11.5 Å². The van der Waals surface area contributed by atoms with Crippen molar-refractivity contribution in [1.82, 2.24) is 0 Å². The van der Waals surface area contributed by atoms with Crippen LogP contribution < -0.4 is 10.5 Å². The minimum Gasteiger partial charge on any atom is -0.457 e. The van der Waals surface area contributed by atoms with Crippen LogP contribution in [0.3, 0.4) is 0 Å². The standard InChI is InChI=1S/C17H21NO/c1-3-14-4-7-16(8-5-14)19-17-9-6-15(10-11-18)12-13(17)2/h4-9,12H,3,10-11,18H2,1-2H3. The molecule has 0 saturated carbocycles. The van der Waals surface area contributed by atoms with Crippen LogP contribution in [0.1, 0.15) is 23.6 Å². The Hall–Kier alpha value is -1.80. The molecule has 0 aromatic heterocycles. The van der Waals surface area contributed by atoms with Gasteiger partial charge < -0.3 is 10.5 Å². The second-order valence-electron chi connectivity index (χ2n) is 4.74. The molecule has 0 atom stereocenters. The van der Waals surface area contributed by atoms with Gasteiger partial charge in [-0.3, -0.25) is 0 Å². The number of hydrogen-bond acceptors (Lipinski definition) is 2. The molecule has 2 aromatic carbocycles. The van der Waals surface area contributed by atoms with E-state index in [0.717, 1.165) is 29.9 Å². The van der Waals surface area contributed by atoms with Gasteiger partial charge in [-0.15, -0.1) is 0 Å². The Morgan fingerprint density at radius 2 is 1.68 bits per heavy atom. The van der Waals surface area contributed by atoms with Crippen molar-refractivity contribution < 1.29 is 4.74 Å². The summed E-state index contributed by atoms with van der Waals surface area (Å²) in [5.74, 6) is 1.79. The number of benzene rings is 2. The van der Waals surface area contributed by atoms with Crippen LogP contribution >= 0.6 is 0 Å². The Kier molecular flexibility index (Phi) is 4.58. The van der Waals surface area contributed by atoms with E-state index in [2.05, 4.69) is 38.1 Å². The molecule has 2 aromatic rings. The van der Waals surface area contributed by atoms with E-state index in [1.165, 1.54) is 11.1 Å². The fourth-order valence-electron chi connectivity index (χ4n) is 2.07. The van der Waals surface area contributed by atoms with Crippen LogP contribution in [-0.2, 0) is 12.8 Å². The second-order valence-corrected chi connectivity index (χ2v) is 4.74. The van der Waals surface area contributed by atoms with Crippen molar-refractivity contribution in [2.75, 3.05) is 6.54 Å². The maximum absolute atomic E-state index is 5.91. The first kappa shape index (κ1) is 13.6. The number of hydrogen-bond donors (Lipinski definition) is 1. The van der Waals surface area contributed by atoms with Crippen LogP contribution in [0.15, 0.2) is 42.5 Å². The van der Waals surface area contributed by atoms with Gasteiger partial charge in [0, 0.05) is 0 Å². The van der Waals surface area contributed by atoms with E-state index in [0.29, 0.717) is 6.54 Å². The highest BCUT2D eigenvalue weighted by Gasteiger charge is 2.03. The summed E-state index contributed by atoms with van der Waals surface area (Å²) in [5, 5.41) is 0. The Balaban J connectivity index is 2.13. The minimum atomic E-state index is 0.679. The van der Waals surface area contributed by atoms with Crippen LogP contribution in [0.4, 0.5) is 0 Å². The molecule has 0 fully saturated rings. The summed E-state index contributed by atoms with van der Waals surface area (Å²) >= 11 is 0. The van der Waals surface area contributed by atoms with E-state index in [9.17, 15) is 0 Å². The van der Waals surface area contributed by atoms with Crippen LogP contribution in [-0.4, -0.2) is 6.54 Å². The third-order valence-corrected chi connectivity index (χ3v) is 3.23. The summed E-state index contributed by atoms with van der Waals surface area (Å²) in [6.07, 6.45) is 1.96. The topological polar surface area (TPSA) is 35.2 Å². The summed E-state index contributed by atoms with van der Waals surface area (Å²) in [6.45, 7) is 4.89. The highest BCUT2D eigenvalue weighted by atomic mass is 16.5. The Morgan fingerprint density at radius 3 is 2.26 bits per heavy atom. The van der Waals surface area contributed by atoms with Crippen LogP contribution in [0, 0.1) is 6.92 Å². The molecular weight excluding hydrogens is 234 g/mol. The molecule has 0 unspecified atom stereocenters. The molecule has 2 nitrogen and oxygen atoms in total. The maximum atomic E-state index is 5.91. The lowest BCUT2D eigenvalue weighted by Gasteiger charge is -2.10. The average Bonchev–Trinajstić information content (AvgIpc) is 2.43. The third-order valence-electron chi connectivity index (χ3n) is 3.23. The molecule has 0 aliphatic heterocycles. The molecule has 0 heterocycles. The number of rotatable bonds is 5. The van der Waals surface area contributed by atoms with Gasteiger partial charge in [-0.25, -0.2) is 0 Å². The zero-order chi connectivity index (χ0) is 13.7. The van der Waals surface area contributed by atoms with E-state index in [-0.39, 0.29) is 0 Å². The van der Waals surface area contributed by atoms with E-state index in [4.69, 9.17) is 10.5 Å². The summed E-state index contributed by atoms with van der Waals surface area (Å²) in [6, 6.07) is 14.5. The molecule has 0 radical (unpaired) electrons. The predicted molar refractivity (Wildman–Crippen MR) is 79.8 cm³/mol.